The summed E-state index contributed by atoms with van der Waals surface area (Å²) < 4.78 is 14.2. The molecule has 2 atom stereocenters. The Bertz CT molecular complexity index is 154. The van der Waals surface area contributed by atoms with Crippen LogP contribution in [0.1, 0.15) is 0 Å². The molecule has 0 saturated carbocycles. The van der Waals surface area contributed by atoms with Crippen LogP contribution in [0, 0.1) is 0 Å². The normalized spacial score (nSPS) is 14.5. The number of aliphatic hydroxyl groups excluding tert-OH is 2. The summed E-state index contributed by atoms with van der Waals surface area (Å²) in [5.41, 5.74) is 0. The van der Waals surface area contributed by atoms with Gasteiger partial charge in [-0.1, -0.05) is 0 Å². The van der Waals surface area contributed by atoms with Crippen molar-refractivity contribution in [2.24, 2.45) is 0 Å². The van der Waals surface area contributed by atoms with Gasteiger partial charge in [-0.3, -0.25) is 9.59 Å². The molecule has 0 aromatic heterocycles. The highest BCUT2D eigenvalue weighted by Crippen LogP contribution is 1.98. The van der Waals surface area contributed by atoms with Crippen LogP contribution >= 0.6 is 0 Å². The zero-order valence-corrected chi connectivity index (χ0v) is 8.07. The Labute approximate surface area is 86.5 Å². The molecule has 15 heavy (non-hydrogen) atoms. The van der Waals surface area contributed by atoms with E-state index in [4.69, 9.17) is 24.4 Å². The van der Waals surface area contributed by atoms with Crippen LogP contribution in [0.15, 0.2) is 0 Å². The average Bonchev–Trinajstić information content (AvgIpc) is 2.28. The highest BCUT2D eigenvalue weighted by atomic mass is 16.8. The Morgan fingerprint density at radius 2 is 1.33 bits per heavy atom. The molecule has 0 aromatic carbocycles. The molecular formula is C8H14O7. The zero-order chi connectivity index (χ0) is 11.5. The molecule has 0 fully saturated rings. The Hall–Kier alpha value is -0.860. The van der Waals surface area contributed by atoms with E-state index in [1.807, 2.05) is 0 Å². The van der Waals surface area contributed by atoms with Gasteiger partial charge < -0.3 is 24.4 Å². The van der Waals surface area contributed by atoms with Crippen molar-refractivity contribution in [1.29, 1.82) is 0 Å². The van der Waals surface area contributed by atoms with Crippen LogP contribution in [0.25, 0.3) is 0 Å². The number of aliphatic hydroxyl groups is 2. The number of ether oxygens (including phenoxy) is 3. The summed E-state index contributed by atoms with van der Waals surface area (Å²) in [7, 11) is 0. The standard InChI is InChI=1S/C8H14O7/c9-1-3-13-7(5-11)15-8(6-12)14-4-2-10/h5-10H,1-4H2. The number of rotatable bonds is 10. The highest BCUT2D eigenvalue weighted by Gasteiger charge is 2.15. The molecule has 7 heteroatoms. The summed E-state index contributed by atoms with van der Waals surface area (Å²) in [5.74, 6) is 0. The van der Waals surface area contributed by atoms with E-state index in [9.17, 15) is 9.59 Å². The van der Waals surface area contributed by atoms with Crippen LogP contribution < -0.4 is 0 Å². The Morgan fingerprint density at radius 1 is 0.933 bits per heavy atom. The van der Waals surface area contributed by atoms with Crippen LogP contribution in [-0.2, 0) is 23.8 Å². The van der Waals surface area contributed by atoms with Crippen molar-refractivity contribution < 1.29 is 34.0 Å². The van der Waals surface area contributed by atoms with Crippen LogP contribution in [0.2, 0.25) is 0 Å². The average molecular weight is 222 g/mol. The lowest BCUT2D eigenvalue weighted by Crippen LogP contribution is -2.30. The van der Waals surface area contributed by atoms with E-state index in [1.54, 1.807) is 0 Å². The van der Waals surface area contributed by atoms with Gasteiger partial charge in [-0.05, 0) is 0 Å². The van der Waals surface area contributed by atoms with Crippen molar-refractivity contribution in [2.45, 2.75) is 12.6 Å². The molecule has 0 aliphatic rings. The van der Waals surface area contributed by atoms with Crippen LogP contribution in [-0.4, -0.2) is 61.8 Å². The van der Waals surface area contributed by atoms with Crippen molar-refractivity contribution in [3.63, 3.8) is 0 Å². The molecule has 0 aromatic rings. The van der Waals surface area contributed by atoms with Gasteiger partial charge in [0.05, 0.1) is 26.4 Å². The summed E-state index contributed by atoms with van der Waals surface area (Å²) in [4.78, 5) is 20.8. The first kappa shape index (κ1) is 14.1. The number of hydrogen-bond donors (Lipinski definition) is 2. The van der Waals surface area contributed by atoms with E-state index in [1.165, 1.54) is 0 Å². The van der Waals surface area contributed by atoms with Gasteiger partial charge in [0.1, 0.15) is 0 Å². The van der Waals surface area contributed by atoms with E-state index < -0.39 is 12.6 Å². The molecule has 0 radical (unpaired) electrons. The van der Waals surface area contributed by atoms with Gasteiger partial charge in [-0.15, -0.1) is 0 Å². The molecule has 0 rings (SSSR count). The van der Waals surface area contributed by atoms with Gasteiger partial charge >= 0.3 is 0 Å². The molecule has 0 amide bonds. The fourth-order valence-corrected chi connectivity index (χ4v) is 0.691. The maximum atomic E-state index is 10.4. The molecule has 2 N–H and O–H groups in total. The van der Waals surface area contributed by atoms with Crippen LogP contribution in [0.3, 0.4) is 0 Å². The van der Waals surface area contributed by atoms with Crippen molar-refractivity contribution in [3.05, 3.63) is 0 Å². The molecule has 2 unspecified atom stereocenters. The van der Waals surface area contributed by atoms with Crippen LogP contribution in [0.5, 0.6) is 0 Å². The second-order valence-electron chi connectivity index (χ2n) is 2.33. The topological polar surface area (TPSA) is 102 Å². The minimum atomic E-state index is -1.27. The second kappa shape index (κ2) is 9.69. The summed E-state index contributed by atoms with van der Waals surface area (Å²) in [6, 6.07) is 0. The third-order valence-electron chi connectivity index (χ3n) is 1.24. The second-order valence-corrected chi connectivity index (χ2v) is 2.33. The quantitative estimate of drug-likeness (QED) is 0.328. The van der Waals surface area contributed by atoms with Crippen molar-refractivity contribution in [2.75, 3.05) is 26.4 Å². The Balaban J connectivity index is 3.88. The minimum absolute atomic E-state index is 0.0883. The van der Waals surface area contributed by atoms with E-state index in [0.717, 1.165) is 0 Å². The number of hydrogen-bond acceptors (Lipinski definition) is 7. The maximum Gasteiger partial charge on any atom is 0.217 e. The van der Waals surface area contributed by atoms with Crippen LogP contribution in [0.4, 0.5) is 0 Å². The van der Waals surface area contributed by atoms with Crippen molar-refractivity contribution in [1.82, 2.24) is 0 Å². The van der Waals surface area contributed by atoms with Gasteiger partial charge in [0, 0.05) is 0 Å². The number of carbonyl (C=O) groups excluding carboxylic acids is 2. The molecule has 0 spiro atoms. The Kier molecular flexibility index (Phi) is 9.13. The van der Waals surface area contributed by atoms with E-state index in [2.05, 4.69) is 0 Å². The predicted molar refractivity (Wildman–Crippen MR) is 46.9 cm³/mol. The number of carbonyl (C=O) groups is 2. The maximum absolute atomic E-state index is 10.4. The van der Waals surface area contributed by atoms with Gasteiger partial charge in [-0.2, -0.15) is 0 Å². The fourth-order valence-electron chi connectivity index (χ4n) is 0.691. The largest absolute Gasteiger partial charge is 0.394 e. The minimum Gasteiger partial charge on any atom is -0.394 e. The molecule has 0 aliphatic carbocycles. The number of aldehydes is 2. The van der Waals surface area contributed by atoms with Gasteiger partial charge in [0.2, 0.25) is 12.6 Å². The molecule has 0 aliphatic heterocycles. The van der Waals surface area contributed by atoms with Gasteiger partial charge in [0.25, 0.3) is 0 Å². The predicted octanol–water partition coefficient (Wildman–Crippen LogP) is -1.93. The SMILES string of the molecule is O=CC(OCCO)OC(C=O)OCCO. The molecule has 0 saturated heterocycles. The molecule has 7 nitrogen and oxygen atoms in total. The third kappa shape index (κ3) is 7.11. The first-order valence-corrected chi connectivity index (χ1v) is 4.29. The third-order valence-corrected chi connectivity index (χ3v) is 1.24. The lowest BCUT2D eigenvalue weighted by Gasteiger charge is -2.17. The zero-order valence-electron chi connectivity index (χ0n) is 8.07. The van der Waals surface area contributed by atoms with Crippen molar-refractivity contribution >= 4 is 12.6 Å². The molecule has 0 heterocycles. The van der Waals surface area contributed by atoms with E-state index in [-0.39, 0.29) is 26.4 Å². The first-order chi connectivity index (χ1) is 7.28. The lowest BCUT2D eigenvalue weighted by atomic mass is 10.6. The summed E-state index contributed by atoms with van der Waals surface area (Å²) >= 11 is 0. The van der Waals surface area contributed by atoms with E-state index >= 15 is 0 Å². The molecule has 88 valence electrons. The molecule has 0 bridgehead atoms. The summed E-state index contributed by atoms with van der Waals surface area (Å²) in [6.45, 7) is -0.710. The monoisotopic (exact) mass is 222 g/mol. The Morgan fingerprint density at radius 3 is 1.60 bits per heavy atom. The summed E-state index contributed by atoms with van der Waals surface area (Å²) in [5, 5.41) is 16.8. The van der Waals surface area contributed by atoms with E-state index in [0.29, 0.717) is 12.6 Å². The van der Waals surface area contributed by atoms with Gasteiger partial charge in [0.15, 0.2) is 12.6 Å². The highest BCUT2D eigenvalue weighted by molar-refractivity contribution is 5.57. The molecular weight excluding hydrogens is 208 g/mol. The van der Waals surface area contributed by atoms with Gasteiger partial charge in [-0.25, -0.2) is 0 Å². The first-order valence-electron chi connectivity index (χ1n) is 4.29. The van der Waals surface area contributed by atoms with Crippen molar-refractivity contribution in [3.8, 4) is 0 Å². The summed E-state index contributed by atoms with van der Waals surface area (Å²) in [6.07, 6.45) is -1.89. The fraction of sp³-hybridized carbons (Fsp3) is 0.750. The smallest absolute Gasteiger partial charge is 0.217 e. The lowest BCUT2D eigenvalue weighted by molar-refractivity contribution is -0.225.